The minimum absolute atomic E-state index is 1.06. The fraction of sp³-hybridized carbons (Fsp3) is 0.833. The van der Waals surface area contributed by atoms with Crippen molar-refractivity contribution in [3.63, 3.8) is 0 Å². The lowest BCUT2D eigenvalue weighted by atomic mass is 9.80. The molecule has 0 amide bonds. The lowest BCUT2D eigenvalue weighted by Gasteiger charge is -2.26. The molecule has 12 heavy (non-hydrogen) atoms. The molecular formula is C12H20. The molecule has 0 aromatic heterocycles. The van der Waals surface area contributed by atoms with Gasteiger partial charge in [0.1, 0.15) is 0 Å². The van der Waals surface area contributed by atoms with Crippen LogP contribution in [0, 0.1) is 11.8 Å². The zero-order valence-corrected chi connectivity index (χ0v) is 8.18. The third kappa shape index (κ3) is 2.12. The molecule has 0 aromatic rings. The fourth-order valence-corrected chi connectivity index (χ4v) is 2.08. The molecule has 0 nitrogen and oxygen atoms in total. The molecule has 0 N–H and O–H groups in total. The molecule has 0 atom stereocenters. The van der Waals surface area contributed by atoms with Gasteiger partial charge in [0.25, 0.3) is 0 Å². The molecule has 0 heterocycles. The summed E-state index contributed by atoms with van der Waals surface area (Å²) in [6.45, 7) is 2.22. The molecule has 0 unspecified atom stereocenters. The van der Waals surface area contributed by atoms with Gasteiger partial charge in [-0.05, 0) is 44.4 Å². The Morgan fingerprint density at radius 2 is 1.67 bits per heavy atom. The molecule has 2 saturated carbocycles. The Kier molecular flexibility index (Phi) is 2.53. The molecule has 0 saturated heterocycles. The first-order valence-electron chi connectivity index (χ1n) is 5.52. The van der Waals surface area contributed by atoms with Gasteiger partial charge in [-0.1, -0.05) is 30.9 Å². The average Bonchev–Trinajstić information content (AvgIpc) is 2.77. The van der Waals surface area contributed by atoms with E-state index in [9.17, 15) is 0 Å². The number of rotatable bonds is 4. The third-order valence-corrected chi connectivity index (χ3v) is 3.43. The molecule has 2 aliphatic carbocycles. The summed E-state index contributed by atoms with van der Waals surface area (Å²) < 4.78 is 0. The minimum Gasteiger partial charge on any atom is -0.0884 e. The van der Waals surface area contributed by atoms with Crippen molar-refractivity contribution in [2.24, 2.45) is 11.8 Å². The third-order valence-electron chi connectivity index (χ3n) is 3.43. The maximum absolute atomic E-state index is 2.37. The number of hydrogen-bond acceptors (Lipinski definition) is 0. The van der Waals surface area contributed by atoms with Crippen molar-refractivity contribution >= 4 is 0 Å². The Hall–Kier alpha value is -0.260. The van der Waals surface area contributed by atoms with Gasteiger partial charge in [0.2, 0.25) is 0 Å². The van der Waals surface area contributed by atoms with E-state index in [-0.39, 0.29) is 0 Å². The predicted molar refractivity (Wildman–Crippen MR) is 53.1 cm³/mol. The SMILES string of the molecule is C/C=C(\CC1CCC1)CC1CC1. The molecule has 0 heteroatoms. The first-order chi connectivity index (χ1) is 5.88. The largest absolute Gasteiger partial charge is 0.0884 e. The number of allylic oxidation sites excluding steroid dienone is 2. The van der Waals surface area contributed by atoms with E-state index in [1.54, 1.807) is 5.57 Å². The molecule has 0 aliphatic heterocycles. The van der Waals surface area contributed by atoms with Crippen LogP contribution in [0.3, 0.4) is 0 Å². The van der Waals surface area contributed by atoms with Crippen LogP contribution >= 0.6 is 0 Å². The molecule has 2 fully saturated rings. The van der Waals surface area contributed by atoms with E-state index < -0.39 is 0 Å². The minimum atomic E-state index is 1.06. The molecule has 0 radical (unpaired) electrons. The Balaban J connectivity index is 1.73. The van der Waals surface area contributed by atoms with Crippen LogP contribution in [0.2, 0.25) is 0 Å². The normalized spacial score (nSPS) is 25.6. The average molecular weight is 164 g/mol. The summed E-state index contributed by atoms with van der Waals surface area (Å²) in [4.78, 5) is 0. The van der Waals surface area contributed by atoms with E-state index >= 15 is 0 Å². The van der Waals surface area contributed by atoms with E-state index in [1.807, 2.05) is 0 Å². The highest BCUT2D eigenvalue weighted by atomic mass is 14.3. The Labute approximate surface area is 76.1 Å². The smallest absolute Gasteiger partial charge is 0.0292 e. The van der Waals surface area contributed by atoms with E-state index in [2.05, 4.69) is 13.0 Å². The van der Waals surface area contributed by atoms with E-state index in [0.717, 1.165) is 11.8 Å². The predicted octanol–water partition coefficient (Wildman–Crippen LogP) is 3.92. The van der Waals surface area contributed by atoms with Crippen LogP contribution in [0.5, 0.6) is 0 Å². The molecule has 0 bridgehead atoms. The fourth-order valence-electron chi connectivity index (χ4n) is 2.08. The van der Waals surface area contributed by atoms with Gasteiger partial charge in [0.05, 0.1) is 0 Å². The Morgan fingerprint density at radius 3 is 2.00 bits per heavy atom. The molecule has 2 rings (SSSR count). The van der Waals surface area contributed by atoms with Crippen molar-refractivity contribution in [1.82, 2.24) is 0 Å². The molecule has 0 spiro atoms. The highest BCUT2D eigenvalue weighted by Gasteiger charge is 2.24. The van der Waals surface area contributed by atoms with Crippen LogP contribution in [0.4, 0.5) is 0 Å². The molecule has 68 valence electrons. The monoisotopic (exact) mass is 164 g/mol. The van der Waals surface area contributed by atoms with E-state index in [1.165, 1.54) is 44.9 Å². The standard InChI is InChI=1S/C12H20/c1-2-10(9-12-6-7-12)8-11-4-3-5-11/h2,11-12H,3-9H2,1H3/b10-2+. The summed E-state index contributed by atoms with van der Waals surface area (Å²) in [5, 5.41) is 0. The van der Waals surface area contributed by atoms with Crippen LogP contribution < -0.4 is 0 Å². The molecule has 2 aliphatic rings. The van der Waals surface area contributed by atoms with Crippen molar-refractivity contribution in [1.29, 1.82) is 0 Å². The lowest BCUT2D eigenvalue weighted by Crippen LogP contribution is -2.11. The van der Waals surface area contributed by atoms with Gasteiger partial charge in [-0.25, -0.2) is 0 Å². The summed E-state index contributed by atoms with van der Waals surface area (Å²) in [7, 11) is 0. The van der Waals surface area contributed by atoms with Gasteiger partial charge in [0.15, 0.2) is 0 Å². The first-order valence-corrected chi connectivity index (χ1v) is 5.52. The highest BCUT2D eigenvalue weighted by molar-refractivity contribution is 5.05. The Morgan fingerprint density at radius 1 is 1.08 bits per heavy atom. The topological polar surface area (TPSA) is 0 Å². The van der Waals surface area contributed by atoms with Crippen LogP contribution in [-0.2, 0) is 0 Å². The number of hydrogen-bond donors (Lipinski definition) is 0. The zero-order valence-electron chi connectivity index (χ0n) is 8.18. The highest BCUT2D eigenvalue weighted by Crippen LogP contribution is 2.39. The Bertz CT molecular complexity index is 170. The van der Waals surface area contributed by atoms with Gasteiger partial charge in [-0.2, -0.15) is 0 Å². The second-order valence-corrected chi connectivity index (χ2v) is 4.60. The molecule has 0 aromatic carbocycles. The van der Waals surface area contributed by atoms with Crippen LogP contribution in [-0.4, -0.2) is 0 Å². The van der Waals surface area contributed by atoms with Gasteiger partial charge in [-0.15, -0.1) is 0 Å². The summed E-state index contributed by atoms with van der Waals surface area (Å²) in [5.74, 6) is 2.14. The van der Waals surface area contributed by atoms with Crippen molar-refractivity contribution < 1.29 is 0 Å². The second-order valence-electron chi connectivity index (χ2n) is 4.60. The van der Waals surface area contributed by atoms with Crippen LogP contribution in [0.15, 0.2) is 11.6 Å². The van der Waals surface area contributed by atoms with Gasteiger partial charge >= 0.3 is 0 Å². The summed E-state index contributed by atoms with van der Waals surface area (Å²) in [5.41, 5.74) is 1.75. The van der Waals surface area contributed by atoms with Crippen molar-refractivity contribution in [3.05, 3.63) is 11.6 Å². The van der Waals surface area contributed by atoms with Gasteiger partial charge < -0.3 is 0 Å². The van der Waals surface area contributed by atoms with Crippen LogP contribution in [0.1, 0.15) is 51.9 Å². The maximum Gasteiger partial charge on any atom is -0.0292 e. The van der Waals surface area contributed by atoms with E-state index in [4.69, 9.17) is 0 Å². The first kappa shape index (κ1) is 8.34. The molecular weight excluding hydrogens is 144 g/mol. The lowest BCUT2D eigenvalue weighted by molar-refractivity contribution is 0.310. The zero-order chi connectivity index (χ0) is 8.39. The second kappa shape index (κ2) is 3.64. The van der Waals surface area contributed by atoms with Gasteiger partial charge in [0, 0.05) is 0 Å². The van der Waals surface area contributed by atoms with Crippen LogP contribution in [0.25, 0.3) is 0 Å². The van der Waals surface area contributed by atoms with Crippen molar-refractivity contribution in [3.8, 4) is 0 Å². The van der Waals surface area contributed by atoms with Crippen molar-refractivity contribution in [2.75, 3.05) is 0 Å². The van der Waals surface area contributed by atoms with Gasteiger partial charge in [-0.3, -0.25) is 0 Å². The maximum atomic E-state index is 2.37. The summed E-state index contributed by atoms with van der Waals surface area (Å²) in [6, 6.07) is 0. The summed E-state index contributed by atoms with van der Waals surface area (Å²) >= 11 is 0. The summed E-state index contributed by atoms with van der Waals surface area (Å²) in [6.07, 6.45) is 12.7. The van der Waals surface area contributed by atoms with E-state index in [0.29, 0.717) is 0 Å². The van der Waals surface area contributed by atoms with Crippen molar-refractivity contribution in [2.45, 2.75) is 51.9 Å². The quantitative estimate of drug-likeness (QED) is 0.552.